The van der Waals surface area contributed by atoms with Crippen molar-refractivity contribution in [3.05, 3.63) is 89.7 Å². The van der Waals surface area contributed by atoms with E-state index in [4.69, 9.17) is 4.74 Å². The van der Waals surface area contributed by atoms with Gasteiger partial charge in [0.25, 0.3) is 0 Å². The van der Waals surface area contributed by atoms with Crippen LogP contribution in [0.3, 0.4) is 0 Å². The summed E-state index contributed by atoms with van der Waals surface area (Å²) in [5, 5.41) is 11.1. The Morgan fingerprint density at radius 3 is 2.63 bits per heavy atom. The third-order valence-corrected chi connectivity index (χ3v) is 5.66. The lowest BCUT2D eigenvalue weighted by molar-refractivity contribution is -0.127. The van der Waals surface area contributed by atoms with Crippen LogP contribution in [0.2, 0.25) is 0 Å². The van der Waals surface area contributed by atoms with Gasteiger partial charge in [0, 0.05) is 19.3 Å². The highest BCUT2D eigenvalue weighted by molar-refractivity contribution is 6.01. The molecule has 0 aliphatic carbocycles. The Morgan fingerprint density at radius 1 is 1.09 bits per heavy atom. The number of nitrogens with zero attached hydrogens (tertiary/aromatic N) is 4. The predicted molar refractivity (Wildman–Crippen MR) is 130 cm³/mol. The van der Waals surface area contributed by atoms with Crippen molar-refractivity contribution in [2.24, 2.45) is 0 Å². The van der Waals surface area contributed by atoms with E-state index in [2.05, 4.69) is 15.6 Å². The summed E-state index contributed by atoms with van der Waals surface area (Å²) >= 11 is 0. The van der Waals surface area contributed by atoms with Gasteiger partial charge in [-0.15, -0.1) is 5.10 Å². The van der Waals surface area contributed by atoms with Gasteiger partial charge in [-0.25, -0.2) is 9.07 Å². The molecule has 4 aromatic rings. The zero-order valence-corrected chi connectivity index (χ0v) is 19.5. The smallest absolute Gasteiger partial charge is 0.249 e. The van der Waals surface area contributed by atoms with Crippen molar-refractivity contribution in [2.75, 3.05) is 25.2 Å². The van der Waals surface area contributed by atoms with Gasteiger partial charge in [0.05, 0.1) is 12.1 Å². The van der Waals surface area contributed by atoms with E-state index in [-0.39, 0.29) is 18.8 Å². The third kappa shape index (κ3) is 5.36. The maximum atomic E-state index is 14.3. The van der Waals surface area contributed by atoms with Crippen molar-refractivity contribution in [3.8, 4) is 0 Å². The molecule has 35 heavy (non-hydrogen) atoms. The molecule has 0 saturated carbocycles. The lowest BCUT2D eigenvalue weighted by atomic mass is 9.98. The fraction of sp³-hybridized carbons (Fsp3) is 0.231. The first-order valence-corrected chi connectivity index (χ1v) is 11.2. The van der Waals surface area contributed by atoms with Gasteiger partial charge in [-0.3, -0.25) is 14.5 Å². The molecule has 0 unspecified atom stereocenters. The normalized spacial score (nSPS) is 11.9. The average Bonchev–Trinajstić information content (AvgIpc) is 3.26. The first kappa shape index (κ1) is 24.0. The highest BCUT2D eigenvalue weighted by Crippen LogP contribution is 2.31. The topological polar surface area (TPSA) is 89.4 Å². The summed E-state index contributed by atoms with van der Waals surface area (Å²) < 4.78 is 20.8. The van der Waals surface area contributed by atoms with E-state index >= 15 is 0 Å². The van der Waals surface area contributed by atoms with E-state index in [0.29, 0.717) is 23.2 Å². The summed E-state index contributed by atoms with van der Waals surface area (Å²) in [6.45, 7) is 2.25. The van der Waals surface area contributed by atoms with E-state index in [1.54, 1.807) is 24.3 Å². The first-order chi connectivity index (χ1) is 17.0. The van der Waals surface area contributed by atoms with Gasteiger partial charge in [0.1, 0.15) is 23.9 Å². The fourth-order valence-corrected chi connectivity index (χ4v) is 3.97. The molecule has 9 heteroatoms. The number of aromatic nitrogens is 3. The molecule has 0 saturated heterocycles. The van der Waals surface area contributed by atoms with Crippen LogP contribution in [0, 0.1) is 12.7 Å². The number of amides is 2. The fourth-order valence-electron chi connectivity index (χ4n) is 3.97. The molecular formula is C26H26FN5O3. The molecule has 8 nitrogen and oxygen atoms in total. The molecular weight excluding hydrogens is 449 g/mol. The second kappa shape index (κ2) is 10.9. The summed E-state index contributed by atoms with van der Waals surface area (Å²) in [5.41, 5.74) is 3.03. The number of fused-ring (bicyclic) bond motifs is 1. The number of benzene rings is 3. The van der Waals surface area contributed by atoms with E-state index < -0.39 is 23.7 Å². The maximum absolute atomic E-state index is 14.3. The van der Waals surface area contributed by atoms with Crippen LogP contribution in [0.15, 0.2) is 72.8 Å². The van der Waals surface area contributed by atoms with E-state index in [1.165, 1.54) is 34.9 Å². The summed E-state index contributed by atoms with van der Waals surface area (Å²) in [4.78, 5) is 28.7. The van der Waals surface area contributed by atoms with Crippen LogP contribution in [0.1, 0.15) is 17.2 Å². The van der Waals surface area contributed by atoms with Crippen molar-refractivity contribution in [2.45, 2.75) is 19.5 Å². The van der Waals surface area contributed by atoms with Crippen LogP contribution < -0.4 is 10.2 Å². The third-order valence-electron chi connectivity index (χ3n) is 5.66. The number of ether oxygens (including phenoxy) is 1. The molecule has 1 atom stereocenters. The lowest BCUT2D eigenvalue weighted by Gasteiger charge is -2.32. The van der Waals surface area contributed by atoms with Gasteiger partial charge in [-0.2, -0.15) is 0 Å². The van der Waals surface area contributed by atoms with Crippen LogP contribution >= 0.6 is 0 Å². The number of methoxy groups -OCH3 is 1. The largest absolute Gasteiger partial charge is 0.383 e. The molecule has 0 radical (unpaired) electrons. The zero-order chi connectivity index (χ0) is 24.8. The number of carbonyl (C=O) groups is 2. The minimum atomic E-state index is -1.04. The molecule has 0 spiro atoms. The van der Waals surface area contributed by atoms with Crippen molar-refractivity contribution >= 4 is 28.5 Å². The number of halogens is 1. The second-order valence-corrected chi connectivity index (χ2v) is 8.02. The van der Waals surface area contributed by atoms with Crippen LogP contribution in [0.25, 0.3) is 11.0 Å². The molecule has 0 aliphatic heterocycles. The molecule has 180 valence electrons. The summed E-state index contributed by atoms with van der Waals surface area (Å²) in [7, 11) is 1.54. The minimum Gasteiger partial charge on any atom is -0.383 e. The highest BCUT2D eigenvalue weighted by atomic mass is 19.1. The van der Waals surface area contributed by atoms with Crippen molar-refractivity contribution < 1.29 is 18.7 Å². The van der Waals surface area contributed by atoms with Gasteiger partial charge in [0.2, 0.25) is 11.8 Å². The van der Waals surface area contributed by atoms with Gasteiger partial charge >= 0.3 is 0 Å². The monoisotopic (exact) mass is 475 g/mol. The summed E-state index contributed by atoms with van der Waals surface area (Å²) in [5.74, 6) is -1.37. The average molecular weight is 476 g/mol. The van der Waals surface area contributed by atoms with Crippen LogP contribution in [-0.4, -0.2) is 47.1 Å². The second-order valence-electron chi connectivity index (χ2n) is 8.02. The van der Waals surface area contributed by atoms with Crippen molar-refractivity contribution in [1.82, 2.24) is 20.3 Å². The number of hydrogen-bond acceptors (Lipinski definition) is 5. The number of carbonyl (C=O) groups excluding carboxylic acids is 2. The van der Waals surface area contributed by atoms with Gasteiger partial charge in [0.15, 0.2) is 0 Å². The number of aryl methyl sites for hydroxylation is 1. The quantitative estimate of drug-likeness (QED) is 0.375. The Hall–Kier alpha value is -4.11. The Labute approximate surface area is 202 Å². The van der Waals surface area contributed by atoms with Crippen LogP contribution in [0.4, 0.5) is 10.1 Å². The number of hydrogen-bond donors (Lipinski definition) is 1. The molecule has 0 fully saturated rings. The predicted octanol–water partition coefficient (Wildman–Crippen LogP) is 3.42. The van der Waals surface area contributed by atoms with Crippen molar-refractivity contribution in [1.29, 1.82) is 0 Å². The molecule has 1 heterocycles. The summed E-state index contributed by atoms with van der Waals surface area (Å²) in [6, 6.07) is 19.2. The number of nitrogens with one attached hydrogen (secondary N) is 1. The zero-order valence-electron chi connectivity index (χ0n) is 19.5. The molecule has 4 rings (SSSR count). The Balaban J connectivity index is 1.79. The highest BCUT2D eigenvalue weighted by Gasteiger charge is 2.34. The molecule has 1 N–H and O–H groups in total. The number of rotatable bonds is 9. The minimum absolute atomic E-state index is 0.190. The molecule has 0 aliphatic rings. The lowest BCUT2D eigenvalue weighted by Crippen LogP contribution is -2.46. The van der Waals surface area contributed by atoms with Gasteiger partial charge in [-0.1, -0.05) is 47.7 Å². The summed E-state index contributed by atoms with van der Waals surface area (Å²) in [6.07, 6.45) is 0. The van der Waals surface area contributed by atoms with Crippen LogP contribution in [0.5, 0.6) is 0 Å². The van der Waals surface area contributed by atoms with Crippen molar-refractivity contribution in [3.63, 3.8) is 0 Å². The molecule has 1 aromatic heterocycles. The molecule has 0 bridgehead atoms. The Bertz CT molecular complexity index is 1340. The first-order valence-electron chi connectivity index (χ1n) is 11.2. The molecule has 2 amide bonds. The van der Waals surface area contributed by atoms with E-state index in [1.807, 2.05) is 37.3 Å². The number of para-hydroxylation sites is 1. The SMILES string of the molecule is COCCNC(=O)[C@H](c1ccccc1C)N(C(=O)Cn1nnc2ccccc21)c1cccc(F)c1. The number of anilines is 1. The van der Waals surface area contributed by atoms with Gasteiger partial charge in [-0.05, 0) is 48.4 Å². The Kier molecular flexibility index (Phi) is 7.47. The van der Waals surface area contributed by atoms with Crippen LogP contribution in [-0.2, 0) is 20.9 Å². The standard InChI is InChI=1S/C26H26FN5O3/c1-18-8-3-4-11-21(18)25(26(34)28-14-15-35-2)32(20-10-7-9-19(27)16-20)24(33)17-31-23-13-6-5-12-22(23)29-30-31/h3-13,16,25H,14-15,17H2,1-2H3,(H,28,34)/t25-/m0/s1. The van der Waals surface area contributed by atoms with Gasteiger partial charge < -0.3 is 10.1 Å². The maximum Gasteiger partial charge on any atom is 0.249 e. The van der Waals surface area contributed by atoms with E-state index in [0.717, 1.165) is 5.56 Å². The Morgan fingerprint density at radius 2 is 1.86 bits per heavy atom. The molecule has 3 aromatic carbocycles. The van der Waals surface area contributed by atoms with E-state index in [9.17, 15) is 14.0 Å².